The Bertz CT molecular complexity index is 3970. The number of aliphatic hydroxyl groups is 4. The van der Waals surface area contributed by atoms with Gasteiger partial charge in [0.05, 0.1) is 37.6 Å². The first kappa shape index (κ1) is 80.1. The van der Waals surface area contributed by atoms with E-state index in [0.717, 1.165) is 51.8 Å². The van der Waals surface area contributed by atoms with Gasteiger partial charge in [-0.3, -0.25) is 0 Å². The van der Waals surface area contributed by atoms with Crippen molar-refractivity contribution < 1.29 is 135 Å². The van der Waals surface area contributed by atoms with Gasteiger partial charge in [-0.25, -0.2) is 0 Å². The molecule has 105 heavy (non-hydrogen) atoms. The molecule has 0 radical (unpaired) electrons. The summed E-state index contributed by atoms with van der Waals surface area (Å²) in [5.41, 5.74) is -8.97. The maximum absolute atomic E-state index is 15.4. The van der Waals surface area contributed by atoms with Crippen LogP contribution >= 0.6 is 11.8 Å². The Labute approximate surface area is 598 Å². The van der Waals surface area contributed by atoms with E-state index in [4.69, 9.17) is 18.9 Å². The van der Waals surface area contributed by atoms with E-state index in [2.05, 4.69) is 18.0 Å². The lowest BCUT2D eigenvalue weighted by molar-refractivity contribution is -0.382. The van der Waals surface area contributed by atoms with E-state index in [-0.39, 0.29) is 93.3 Å². The van der Waals surface area contributed by atoms with Crippen molar-refractivity contribution >= 4 is 21.9 Å². The van der Waals surface area contributed by atoms with Gasteiger partial charge in [0.1, 0.15) is 17.0 Å². The Hall–Kier alpha value is -4.41. The largest absolute Gasteiger partial charge is 0.460 e. The first-order valence-electron chi connectivity index (χ1n) is 34.7. The lowest BCUT2D eigenvalue weighted by atomic mass is 9.49. The van der Waals surface area contributed by atoms with Gasteiger partial charge in [0, 0.05) is 64.1 Å². The molecule has 2 aliphatic heterocycles. The van der Waals surface area contributed by atoms with Crippen molar-refractivity contribution in [2.75, 3.05) is 32.7 Å². The molecule has 2 spiro atoms. The van der Waals surface area contributed by atoms with Crippen LogP contribution in [0.3, 0.4) is 0 Å². The lowest BCUT2D eigenvalue weighted by Crippen LogP contribution is -2.65. The highest BCUT2D eigenvalue weighted by Gasteiger charge is 2.87. The van der Waals surface area contributed by atoms with E-state index in [0.29, 0.717) is 62.2 Å². The predicted molar refractivity (Wildman–Crippen MR) is 343 cm³/mol. The lowest BCUT2D eigenvalue weighted by Gasteiger charge is -2.59. The van der Waals surface area contributed by atoms with E-state index in [1.165, 1.54) is 6.92 Å². The fourth-order valence-corrected chi connectivity index (χ4v) is 21.1. The molecule has 4 N–H and O–H groups in total. The maximum Gasteiger partial charge on any atom is 0.460 e. The molecular weight excluding hydrogens is 1480 g/mol. The highest BCUT2D eigenvalue weighted by atomic mass is 32.2. The summed E-state index contributed by atoms with van der Waals surface area (Å²) < 4.78 is 320. The predicted octanol–water partition coefficient (Wildman–Crippen LogP) is 18.3. The normalized spacial score (nSPS) is 34.8. The van der Waals surface area contributed by atoms with Crippen molar-refractivity contribution in [3.63, 3.8) is 0 Å². The van der Waals surface area contributed by atoms with Gasteiger partial charge in [0.25, 0.3) is 0 Å². The van der Waals surface area contributed by atoms with Crippen LogP contribution in [0.2, 0.25) is 0 Å². The van der Waals surface area contributed by atoms with Crippen molar-refractivity contribution in [1.82, 2.24) is 0 Å². The Morgan fingerprint density at radius 3 is 1.15 bits per heavy atom. The molecule has 12 atom stereocenters. The van der Waals surface area contributed by atoms with Crippen molar-refractivity contribution in [3.05, 3.63) is 106 Å². The molecule has 13 rings (SSSR count). The van der Waals surface area contributed by atoms with Crippen LogP contribution in [0.15, 0.2) is 100.0 Å². The van der Waals surface area contributed by atoms with Crippen LogP contribution in [0.1, 0.15) is 167 Å². The van der Waals surface area contributed by atoms with Crippen molar-refractivity contribution in [2.45, 2.75) is 242 Å². The molecule has 2 saturated heterocycles. The van der Waals surface area contributed by atoms with Crippen molar-refractivity contribution in [3.8, 4) is 16.9 Å². The summed E-state index contributed by atoms with van der Waals surface area (Å²) in [6.45, 7) is 12.0. The molecule has 8 fully saturated rings. The fourth-order valence-electron chi connectivity index (χ4n) is 19.8. The monoisotopic (exact) mass is 1560 g/mol. The Balaban J connectivity index is 0.000000200. The molecule has 10 aliphatic rings. The minimum atomic E-state index is -7.58. The number of hydrogen-bond donors (Lipinski definition) is 4. The van der Waals surface area contributed by atoms with Gasteiger partial charge in [-0.05, 0) is 165 Å². The number of benzene rings is 3. The Morgan fingerprint density at radius 1 is 0.457 bits per heavy atom. The molecule has 586 valence electrons. The summed E-state index contributed by atoms with van der Waals surface area (Å²) in [6.07, 6.45) is -17.8. The second-order valence-electron chi connectivity index (χ2n) is 33.0. The number of halogens is 19. The Kier molecular flexibility index (Phi) is 19.3. The minimum Gasteiger partial charge on any atom is -0.385 e. The van der Waals surface area contributed by atoms with E-state index in [9.17, 15) is 94.7 Å². The number of allylic oxidation sites excluding steroid dienone is 2. The second kappa shape index (κ2) is 25.3. The molecule has 3 aromatic carbocycles. The third-order valence-electron chi connectivity index (χ3n) is 25.4. The van der Waals surface area contributed by atoms with E-state index in [1.54, 1.807) is 11.8 Å². The van der Waals surface area contributed by atoms with Crippen LogP contribution in [0.4, 0.5) is 83.4 Å². The van der Waals surface area contributed by atoms with Crippen LogP contribution in [-0.2, 0) is 29.1 Å². The number of thioether (sulfide) groups is 1. The summed E-state index contributed by atoms with van der Waals surface area (Å²) in [5.74, 6) is -34.1. The zero-order chi connectivity index (χ0) is 77.6. The topological polar surface area (TPSA) is 161 Å². The molecule has 4 unspecified atom stereocenters. The van der Waals surface area contributed by atoms with Gasteiger partial charge in [-0.1, -0.05) is 101 Å². The molecule has 32 heteroatoms. The maximum atomic E-state index is 15.4. The van der Waals surface area contributed by atoms with Crippen LogP contribution < -0.4 is 4.18 Å². The zero-order valence-corrected chi connectivity index (χ0v) is 59.8. The standard InChI is InChI=1S/C38H45F5O4S.C35H38F14O7S/c1-32(2)21-46-35(47-22-32)17-14-30-31-27(13-16-34(30,44)20-35)29-15-18-36(45,37(39,40)38(41,42)43)33(29,3)19-28(31)25-7-5-23(6-8-25)24-9-11-26(48-4)12-10-24;1-25(2)16-54-28(55-17-25)12-9-23-24-20(8-11-27(23,50)15-28)22-10-13-29(51,30(36,37)33(42,43)44)26(22,3)14-21(24)18-4-6-19(7-5-18)56-57(52,53)35(48,49)32(40,41)31(38,39)34(45,46)47/h5-12,27-29,44-45H,13-22H2,1-4H3;4-7,20-22,50-51H,8-17H2,1-3H3/t27?,28-,29?,33+,34-,36+;20?,21-,22?,26+,27-,29+/m11/s1. The average molecular weight is 1560 g/mol. The summed E-state index contributed by atoms with van der Waals surface area (Å²) in [7, 11) is -7.34. The molecule has 0 bridgehead atoms. The van der Waals surface area contributed by atoms with Crippen molar-refractivity contribution in [2.24, 2.45) is 45.3 Å². The van der Waals surface area contributed by atoms with Gasteiger partial charge in [0.15, 0.2) is 11.6 Å². The second-order valence-corrected chi connectivity index (χ2v) is 35.5. The smallest absolute Gasteiger partial charge is 0.385 e. The SMILES string of the molecule is CC1(C)COC2(CCC3=C4C(CC[C@@]3(O)C2)C2CC[C@@](O)(C(F)(F)C(F)(F)F)[C@@]2(C)C[C@@H]4c2ccc(OS(=O)(=O)C(F)(F)C(F)(F)C(F)(F)C(F)(F)F)cc2)OC1.CSc1ccc(-c2ccc([C@H]3C[C@@]4(C)C(CC[C@@]4(O)C(F)(F)C(F)(F)F)C4CC[C@@]5(O)CC6(CCC5=C43)OCC(C)(C)CO6)cc2)cc1. The number of fused-ring (bicyclic) bond motifs is 8. The first-order chi connectivity index (χ1) is 47.9. The molecule has 3 aromatic rings. The molecular formula is C73H83F19O11S2. The first-order valence-corrected chi connectivity index (χ1v) is 37.4. The highest BCUT2D eigenvalue weighted by Crippen LogP contribution is 2.74. The Morgan fingerprint density at radius 2 is 0.810 bits per heavy atom. The number of hydrogen-bond acceptors (Lipinski definition) is 12. The van der Waals surface area contributed by atoms with E-state index in [1.807, 2.05) is 68.6 Å². The van der Waals surface area contributed by atoms with Crippen LogP contribution in [0.25, 0.3) is 11.1 Å². The molecule has 6 saturated carbocycles. The average Bonchev–Trinajstić information content (AvgIpc) is 1.61. The van der Waals surface area contributed by atoms with Gasteiger partial charge in [-0.2, -0.15) is 91.8 Å². The van der Waals surface area contributed by atoms with Crippen molar-refractivity contribution in [1.29, 1.82) is 0 Å². The van der Waals surface area contributed by atoms with Gasteiger partial charge < -0.3 is 43.6 Å². The van der Waals surface area contributed by atoms with Gasteiger partial charge >= 0.3 is 57.6 Å². The quantitative estimate of drug-likeness (QED) is 0.0623. The number of ether oxygens (including phenoxy) is 4. The zero-order valence-electron chi connectivity index (χ0n) is 58.2. The highest BCUT2D eigenvalue weighted by molar-refractivity contribution is 7.98. The summed E-state index contributed by atoms with van der Waals surface area (Å²) >= 11 is 1.64. The third-order valence-corrected chi connectivity index (χ3v) is 27.5. The summed E-state index contributed by atoms with van der Waals surface area (Å²) in [6, 6.07) is 18.6. The summed E-state index contributed by atoms with van der Waals surface area (Å²) in [4.78, 5) is 1.13. The van der Waals surface area contributed by atoms with Crippen LogP contribution in [0.5, 0.6) is 5.75 Å². The number of rotatable bonds is 11. The molecule has 8 aliphatic carbocycles. The van der Waals surface area contributed by atoms with E-state index < -0.39 is 157 Å². The molecule has 0 amide bonds. The fraction of sp³-hybridized carbons (Fsp3) is 0.699. The van der Waals surface area contributed by atoms with Gasteiger partial charge in [0.2, 0.25) is 0 Å². The third kappa shape index (κ3) is 12.4. The molecule has 0 aromatic heterocycles. The minimum absolute atomic E-state index is 0.0153. The molecule has 2 heterocycles. The number of alkyl halides is 19. The van der Waals surface area contributed by atoms with Crippen LogP contribution in [-0.4, -0.2) is 143 Å². The summed E-state index contributed by atoms with van der Waals surface area (Å²) in [5, 5.41) is 40.5. The van der Waals surface area contributed by atoms with E-state index >= 15 is 17.6 Å². The van der Waals surface area contributed by atoms with Crippen LogP contribution in [0, 0.1) is 45.3 Å². The molecule has 11 nitrogen and oxygen atoms in total. The van der Waals surface area contributed by atoms with Gasteiger partial charge in [-0.15, -0.1) is 11.8 Å².